The monoisotopic (exact) mass is 501 g/mol. The quantitative estimate of drug-likeness (QED) is 0.256. The second-order valence-electron chi connectivity index (χ2n) is 7.90. The smallest absolute Gasteiger partial charge is 0.270 e. The van der Waals surface area contributed by atoms with Crippen LogP contribution in [0.3, 0.4) is 0 Å². The average Bonchev–Trinajstić information content (AvgIpc) is 3.26. The number of benzene rings is 2. The molecule has 2 aromatic carbocycles. The summed E-state index contributed by atoms with van der Waals surface area (Å²) >= 11 is 3.00. The fourth-order valence-electron chi connectivity index (χ4n) is 3.69. The number of hydrogen-bond donors (Lipinski definition) is 1. The number of non-ortho nitro benzene ring substituents is 1. The minimum Gasteiger partial charge on any atom is -0.493 e. The van der Waals surface area contributed by atoms with Gasteiger partial charge in [0.2, 0.25) is 0 Å². The summed E-state index contributed by atoms with van der Waals surface area (Å²) in [6, 6.07) is 12.4. The maximum absolute atomic E-state index is 11.3. The van der Waals surface area contributed by atoms with E-state index in [9.17, 15) is 10.1 Å². The molecule has 2 heterocycles. The zero-order valence-corrected chi connectivity index (χ0v) is 20.9. The zero-order valence-electron chi connectivity index (χ0n) is 19.3. The first-order valence-corrected chi connectivity index (χ1v) is 12.4. The Morgan fingerprint density at radius 3 is 2.59 bits per heavy atom. The molecule has 1 fully saturated rings. The first-order chi connectivity index (χ1) is 16.5. The number of nitro groups is 1. The van der Waals surface area contributed by atoms with E-state index in [-0.39, 0.29) is 10.6 Å². The summed E-state index contributed by atoms with van der Waals surface area (Å²) in [6.07, 6.45) is 0. The lowest BCUT2D eigenvalue weighted by molar-refractivity contribution is -0.384. The molecule has 0 radical (unpaired) electrons. The van der Waals surface area contributed by atoms with Crippen LogP contribution in [0, 0.1) is 10.1 Å². The largest absolute Gasteiger partial charge is 0.493 e. The van der Waals surface area contributed by atoms with Gasteiger partial charge in [0.15, 0.2) is 16.6 Å². The molecular formula is C23H27N5O4S2. The van der Waals surface area contributed by atoms with Crippen molar-refractivity contribution >= 4 is 34.1 Å². The minimum absolute atomic E-state index is 0.0604. The number of piperazine rings is 1. The summed E-state index contributed by atoms with van der Waals surface area (Å²) < 4.78 is 14.0. The number of likely N-dealkylation sites (N-methyl/N-ethyl adjacent to an activating group) is 1. The number of methoxy groups -OCH3 is 2. The molecule has 1 aliphatic heterocycles. The van der Waals surface area contributed by atoms with E-state index in [1.54, 1.807) is 37.7 Å². The molecule has 0 saturated carbocycles. The number of hydrogen-bond acceptors (Lipinski definition) is 10. The van der Waals surface area contributed by atoms with E-state index in [1.165, 1.54) is 18.0 Å². The zero-order chi connectivity index (χ0) is 24.1. The molecule has 180 valence electrons. The molecular weight excluding hydrogens is 474 g/mol. The fourth-order valence-corrected chi connectivity index (χ4v) is 5.41. The number of nitro benzene ring substituents is 1. The number of nitrogens with zero attached hydrogens (tertiary/aromatic N) is 4. The number of aromatic nitrogens is 1. The van der Waals surface area contributed by atoms with Crippen LogP contribution in [-0.2, 0) is 6.54 Å². The van der Waals surface area contributed by atoms with Crippen molar-refractivity contribution in [1.82, 2.24) is 14.8 Å². The van der Waals surface area contributed by atoms with Crippen LogP contribution in [0.1, 0.15) is 4.88 Å². The van der Waals surface area contributed by atoms with E-state index in [0.29, 0.717) is 11.5 Å². The van der Waals surface area contributed by atoms with E-state index < -0.39 is 0 Å². The second kappa shape index (κ2) is 11.0. The predicted molar refractivity (Wildman–Crippen MR) is 136 cm³/mol. The Kier molecular flexibility index (Phi) is 7.88. The van der Waals surface area contributed by atoms with Crippen molar-refractivity contribution in [2.45, 2.75) is 11.4 Å². The fraction of sp³-hybridized carbons (Fsp3) is 0.348. The maximum atomic E-state index is 11.3. The van der Waals surface area contributed by atoms with Crippen LogP contribution in [0.2, 0.25) is 0 Å². The molecule has 4 rings (SSSR count). The van der Waals surface area contributed by atoms with Crippen LogP contribution in [-0.4, -0.2) is 67.2 Å². The summed E-state index contributed by atoms with van der Waals surface area (Å²) in [7, 11) is 5.35. The molecule has 0 spiro atoms. The minimum atomic E-state index is -0.373. The lowest BCUT2D eigenvalue weighted by Crippen LogP contribution is -2.43. The molecule has 1 aliphatic rings. The Hall–Kier alpha value is -2.86. The van der Waals surface area contributed by atoms with Gasteiger partial charge in [-0.1, -0.05) is 23.5 Å². The summed E-state index contributed by atoms with van der Waals surface area (Å²) in [5, 5.41) is 12.1. The number of thiazole rings is 1. The molecule has 34 heavy (non-hydrogen) atoms. The third-order valence-corrected chi connectivity index (χ3v) is 7.47. The van der Waals surface area contributed by atoms with Crippen molar-refractivity contribution in [3.05, 3.63) is 57.5 Å². The van der Waals surface area contributed by atoms with Gasteiger partial charge in [-0.2, -0.15) is 0 Å². The molecule has 1 N–H and O–H groups in total. The molecule has 11 heteroatoms. The van der Waals surface area contributed by atoms with Crippen molar-refractivity contribution in [3.63, 3.8) is 0 Å². The van der Waals surface area contributed by atoms with Crippen molar-refractivity contribution in [2.24, 2.45) is 0 Å². The van der Waals surface area contributed by atoms with Crippen LogP contribution >= 0.6 is 23.3 Å². The van der Waals surface area contributed by atoms with E-state index >= 15 is 0 Å². The lowest BCUT2D eigenvalue weighted by Gasteiger charge is -2.32. The molecule has 0 bridgehead atoms. The van der Waals surface area contributed by atoms with E-state index in [2.05, 4.69) is 21.6 Å². The highest BCUT2D eigenvalue weighted by molar-refractivity contribution is 8.00. The highest BCUT2D eigenvalue weighted by atomic mass is 32.2. The molecule has 1 saturated heterocycles. The highest BCUT2D eigenvalue weighted by Gasteiger charge is 2.21. The van der Waals surface area contributed by atoms with Crippen LogP contribution < -0.4 is 14.2 Å². The number of ether oxygens (including phenoxy) is 2. The Labute approximate surface area is 207 Å². The van der Waals surface area contributed by atoms with E-state index in [4.69, 9.17) is 14.5 Å². The standard InChI is InChI=1S/C23H27N5O4S2/c1-26-9-11-27(12-10-26)15-21-22(16-5-4-6-17(13-16)28(29)30)24-23(33-21)25-34-18-7-8-19(31-2)20(14-18)32-3/h4-8,13-14H,9-12,15H2,1-3H3,(H,24,25). The summed E-state index contributed by atoms with van der Waals surface area (Å²) in [5.74, 6) is 1.32. The van der Waals surface area contributed by atoms with Gasteiger partial charge >= 0.3 is 0 Å². The molecule has 0 unspecified atom stereocenters. The van der Waals surface area contributed by atoms with Gasteiger partial charge in [-0.3, -0.25) is 15.0 Å². The highest BCUT2D eigenvalue weighted by Crippen LogP contribution is 2.37. The predicted octanol–water partition coefficient (Wildman–Crippen LogP) is 4.60. The van der Waals surface area contributed by atoms with Crippen LogP contribution in [0.4, 0.5) is 10.8 Å². The van der Waals surface area contributed by atoms with Crippen molar-refractivity contribution in [1.29, 1.82) is 0 Å². The number of anilines is 1. The Morgan fingerprint density at radius 2 is 1.88 bits per heavy atom. The van der Waals surface area contributed by atoms with Gasteiger partial charge < -0.3 is 19.1 Å². The summed E-state index contributed by atoms with van der Waals surface area (Å²) in [5.41, 5.74) is 1.59. The average molecular weight is 502 g/mol. The Balaban J connectivity index is 1.58. The van der Waals surface area contributed by atoms with Crippen molar-refractivity contribution in [2.75, 3.05) is 52.2 Å². The molecule has 9 nitrogen and oxygen atoms in total. The lowest BCUT2D eigenvalue weighted by atomic mass is 10.1. The topological polar surface area (TPSA) is 93.0 Å². The van der Waals surface area contributed by atoms with E-state index in [1.807, 2.05) is 24.3 Å². The van der Waals surface area contributed by atoms with Crippen LogP contribution in [0.25, 0.3) is 11.3 Å². The number of nitrogens with one attached hydrogen (secondary N) is 1. The third kappa shape index (κ3) is 5.79. The van der Waals surface area contributed by atoms with Crippen molar-refractivity contribution < 1.29 is 14.4 Å². The van der Waals surface area contributed by atoms with Gasteiger partial charge in [-0.15, -0.1) is 0 Å². The Bertz CT molecular complexity index is 1150. The van der Waals surface area contributed by atoms with Crippen molar-refractivity contribution in [3.8, 4) is 22.8 Å². The molecule has 0 amide bonds. The summed E-state index contributed by atoms with van der Waals surface area (Å²) in [4.78, 5) is 22.5. The van der Waals surface area contributed by atoms with Crippen LogP contribution in [0.5, 0.6) is 11.5 Å². The molecule has 0 aliphatic carbocycles. The first kappa shape index (κ1) is 24.3. The summed E-state index contributed by atoms with van der Waals surface area (Å²) in [6.45, 7) is 4.75. The Morgan fingerprint density at radius 1 is 1.12 bits per heavy atom. The third-order valence-electron chi connectivity index (χ3n) is 5.60. The molecule has 0 atom stereocenters. The number of rotatable bonds is 9. The normalized spacial score (nSPS) is 14.7. The van der Waals surface area contributed by atoms with Gasteiger partial charge in [-0.05, 0) is 37.2 Å². The second-order valence-corrected chi connectivity index (χ2v) is 9.86. The molecule has 1 aromatic heterocycles. The maximum Gasteiger partial charge on any atom is 0.270 e. The SMILES string of the molecule is COc1ccc(SNc2nc(-c3cccc([N+](=O)[O-])c3)c(CN3CCN(C)CC3)s2)cc1OC. The van der Waals surface area contributed by atoms with Gasteiger partial charge in [0.1, 0.15) is 0 Å². The molecule has 3 aromatic rings. The van der Waals surface area contributed by atoms with Gasteiger partial charge in [-0.25, -0.2) is 4.98 Å². The van der Waals surface area contributed by atoms with Crippen LogP contribution in [0.15, 0.2) is 47.4 Å². The first-order valence-electron chi connectivity index (χ1n) is 10.8. The van der Waals surface area contributed by atoms with Gasteiger partial charge in [0.25, 0.3) is 5.69 Å². The van der Waals surface area contributed by atoms with Gasteiger partial charge in [0, 0.05) is 60.2 Å². The van der Waals surface area contributed by atoms with Gasteiger partial charge in [0.05, 0.1) is 24.8 Å². The van der Waals surface area contributed by atoms with E-state index in [0.717, 1.165) is 58.9 Å².